The Hall–Kier alpha value is -0.950. The summed E-state index contributed by atoms with van der Waals surface area (Å²) in [7, 11) is 0. The van der Waals surface area contributed by atoms with Crippen LogP contribution in [0.1, 0.15) is 20.3 Å². The van der Waals surface area contributed by atoms with Crippen LogP contribution in [0.4, 0.5) is 26.3 Å². The molecule has 18 heavy (non-hydrogen) atoms. The van der Waals surface area contributed by atoms with Crippen molar-refractivity contribution in [1.82, 2.24) is 0 Å². The lowest BCUT2D eigenvalue weighted by molar-refractivity contribution is -0.408. The number of carbonyl (C=O) groups is 1. The maximum atomic E-state index is 12.9. The third-order valence-corrected chi connectivity index (χ3v) is 3.67. The lowest BCUT2D eigenvalue weighted by Crippen LogP contribution is -2.69. The molecule has 0 aromatic rings. The molecule has 2 unspecified atom stereocenters. The minimum absolute atomic E-state index is 0.605. The molecule has 0 amide bonds. The lowest BCUT2D eigenvalue weighted by atomic mass is 9.48. The molecular weight excluding hydrogens is 266 g/mol. The van der Waals surface area contributed by atoms with Crippen LogP contribution >= 0.6 is 0 Å². The van der Waals surface area contributed by atoms with Crippen LogP contribution in [0.25, 0.3) is 0 Å². The summed E-state index contributed by atoms with van der Waals surface area (Å²) in [6, 6.07) is 0. The highest BCUT2D eigenvalue weighted by Crippen LogP contribution is 2.69. The van der Waals surface area contributed by atoms with E-state index in [2.05, 4.69) is 0 Å². The van der Waals surface area contributed by atoms with Gasteiger partial charge in [0.15, 0.2) is 5.41 Å². The maximum Gasteiger partial charge on any atom is 0.404 e. The third-order valence-electron chi connectivity index (χ3n) is 3.67. The van der Waals surface area contributed by atoms with E-state index in [0.717, 1.165) is 0 Å². The summed E-state index contributed by atoms with van der Waals surface area (Å²) in [4.78, 5) is 10.7. The highest BCUT2D eigenvalue weighted by atomic mass is 19.4. The summed E-state index contributed by atoms with van der Waals surface area (Å²) in [5.74, 6) is -7.16. The molecule has 8 heteroatoms. The van der Waals surface area contributed by atoms with E-state index in [0.29, 0.717) is 0 Å². The van der Waals surface area contributed by atoms with E-state index in [1.807, 2.05) is 0 Å². The van der Waals surface area contributed by atoms with Gasteiger partial charge in [-0.3, -0.25) is 4.79 Å². The van der Waals surface area contributed by atoms with Gasteiger partial charge in [0.2, 0.25) is 0 Å². The van der Waals surface area contributed by atoms with Gasteiger partial charge in [-0.2, -0.15) is 26.3 Å². The average Bonchev–Trinajstić information content (AvgIpc) is 1.92. The molecule has 1 fully saturated rings. The van der Waals surface area contributed by atoms with Crippen molar-refractivity contribution in [3.8, 4) is 0 Å². The van der Waals surface area contributed by atoms with Gasteiger partial charge in [-0.05, 0) is 18.3 Å². The molecule has 1 saturated carbocycles. The molecule has 0 saturated heterocycles. The van der Waals surface area contributed by atoms with Crippen LogP contribution in [0.2, 0.25) is 0 Å². The van der Waals surface area contributed by atoms with Crippen molar-refractivity contribution in [2.75, 3.05) is 0 Å². The normalized spacial score (nSPS) is 28.1. The van der Waals surface area contributed by atoms with Crippen LogP contribution in [0.15, 0.2) is 0 Å². The van der Waals surface area contributed by atoms with Gasteiger partial charge in [-0.15, -0.1) is 0 Å². The van der Waals surface area contributed by atoms with Gasteiger partial charge in [0, 0.05) is 0 Å². The van der Waals surface area contributed by atoms with E-state index in [-0.39, 0.29) is 0 Å². The fourth-order valence-electron chi connectivity index (χ4n) is 2.79. The monoisotopic (exact) mass is 278 g/mol. The predicted octanol–water partition coefficient (Wildman–Crippen LogP) is 3.47. The summed E-state index contributed by atoms with van der Waals surface area (Å²) < 4.78 is 77.3. The van der Waals surface area contributed by atoms with Crippen LogP contribution in [0.5, 0.6) is 0 Å². The molecule has 1 aliphatic carbocycles. The summed E-state index contributed by atoms with van der Waals surface area (Å²) in [6.07, 6.45) is -11.9. The fraction of sp³-hybridized carbons (Fsp3) is 0.900. The van der Waals surface area contributed by atoms with Crippen molar-refractivity contribution < 1.29 is 36.2 Å². The molecule has 0 radical (unpaired) electrons. The van der Waals surface area contributed by atoms with E-state index in [9.17, 15) is 31.1 Å². The number of halogens is 6. The Bertz CT molecular complexity index is 329. The number of alkyl halides is 6. The van der Waals surface area contributed by atoms with Crippen LogP contribution < -0.4 is 0 Å². The molecule has 1 N–H and O–H groups in total. The highest BCUT2D eigenvalue weighted by molar-refractivity contribution is 5.73. The maximum absolute atomic E-state index is 12.9. The van der Waals surface area contributed by atoms with Crippen molar-refractivity contribution in [2.45, 2.75) is 32.6 Å². The van der Waals surface area contributed by atoms with Gasteiger partial charge >= 0.3 is 18.3 Å². The van der Waals surface area contributed by atoms with Crippen molar-refractivity contribution >= 4 is 5.97 Å². The summed E-state index contributed by atoms with van der Waals surface area (Å²) in [6.45, 7) is 2.46. The standard InChI is InChI=1S/C10H12F6O2/c1-4(2)5-3-6(7(17)18)8(5,9(11,12)13)10(14,15)16/h4-6H,3H2,1-2H3,(H,17,18). The first-order valence-electron chi connectivity index (χ1n) is 5.23. The quantitative estimate of drug-likeness (QED) is 0.785. The summed E-state index contributed by atoms with van der Waals surface area (Å²) in [5.41, 5.74) is -4.12. The van der Waals surface area contributed by atoms with E-state index in [1.54, 1.807) is 0 Å². The predicted molar refractivity (Wildman–Crippen MR) is 48.6 cm³/mol. The average molecular weight is 278 g/mol. The number of hydrogen-bond donors (Lipinski definition) is 1. The van der Waals surface area contributed by atoms with Crippen molar-refractivity contribution in [2.24, 2.45) is 23.2 Å². The second-order valence-electron chi connectivity index (χ2n) is 4.84. The topological polar surface area (TPSA) is 37.3 Å². The van der Waals surface area contributed by atoms with Gasteiger partial charge in [0.25, 0.3) is 0 Å². The molecule has 0 bridgehead atoms. The van der Waals surface area contributed by atoms with E-state index < -0.39 is 47.9 Å². The van der Waals surface area contributed by atoms with Crippen molar-refractivity contribution in [3.05, 3.63) is 0 Å². The fourth-order valence-corrected chi connectivity index (χ4v) is 2.79. The molecule has 0 aromatic carbocycles. The largest absolute Gasteiger partial charge is 0.481 e. The smallest absolute Gasteiger partial charge is 0.404 e. The van der Waals surface area contributed by atoms with Crippen LogP contribution in [-0.2, 0) is 4.79 Å². The molecule has 0 aromatic heterocycles. The second kappa shape index (κ2) is 4.03. The SMILES string of the molecule is CC(C)C1CC(C(=O)O)C1(C(F)(F)F)C(F)(F)F. The minimum atomic E-state index is -5.62. The number of carboxylic acids is 1. The van der Waals surface area contributed by atoms with Gasteiger partial charge in [0.1, 0.15) is 0 Å². The number of carboxylic acid groups (broad SMARTS) is 1. The molecule has 1 aliphatic rings. The first kappa shape index (κ1) is 15.1. The zero-order valence-electron chi connectivity index (χ0n) is 9.56. The first-order chi connectivity index (χ1) is 7.87. The lowest BCUT2D eigenvalue weighted by Gasteiger charge is -2.56. The summed E-state index contributed by atoms with van der Waals surface area (Å²) in [5, 5.41) is 8.60. The zero-order valence-corrected chi connectivity index (χ0v) is 9.56. The van der Waals surface area contributed by atoms with Crippen molar-refractivity contribution in [3.63, 3.8) is 0 Å². The molecule has 0 spiro atoms. The molecular formula is C10H12F6O2. The van der Waals surface area contributed by atoms with Gasteiger partial charge < -0.3 is 5.11 Å². The minimum Gasteiger partial charge on any atom is -0.481 e. The van der Waals surface area contributed by atoms with Crippen LogP contribution in [0, 0.1) is 23.2 Å². The van der Waals surface area contributed by atoms with Gasteiger partial charge in [-0.1, -0.05) is 13.8 Å². The van der Waals surface area contributed by atoms with Gasteiger partial charge in [-0.25, -0.2) is 0 Å². The van der Waals surface area contributed by atoms with Crippen molar-refractivity contribution in [1.29, 1.82) is 0 Å². The molecule has 0 heterocycles. The Morgan fingerprint density at radius 2 is 1.56 bits per heavy atom. The molecule has 0 aliphatic heterocycles. The van der Waals surface area contributed by atoms with Crippen LogP contribution in [0.3, 0.4) is 0 Å². The van der Waals surface area contributed by atoms with E-state index in [4.69, 9.17) is 5.11 Å². The Kier molecular flexibility index (Phi) is 3.38. The first-order valence-corrected chi connectivity index (χ1v) is 5.23. The number of hydrogen-bond acceptors (Lipinski definition) is 1. The molecule has 1 rings (SSSR count). The third kappa shape index (κ3) is 1.76. The number of aliphatic carboxylic acids is 1. The van der Waals surface area contributed by atoms with E-state index >= 15 is 0 Å². The molecule has 2 nitrogen and oxygen atoms in total. The second-order valence-corrected chi connectivity index (χ2v) is 4.84. The Balaban J connectivity index is 3.39. The van der Waals surface area contributed by atoms with Crippen LogP contribution in [-0.4, -0.2) is 23.4 Å². The highest BCUT2D eigenvalue weighted by Gasteiger charge is 2.83. The molecule has 106 valence electrons. The Morgan fingerprint density at radius 3 is 1.78 bits per heavy atom. The number of rotatable bonds is 2. The summed E-state index contributed by atoms with van der Waals surface area (Å²) >= 11 is 0. The van der Waals surface area contributed by atoms with E-state index in [1.165, 1.54) is 13.8 Å². The zero-order chi connectivity index (χ0) is 14.5. The molecule has 2 atom stereocenters. The Morgan fingerprint density at radius 1 is 1.17 bits per heavy atom. The van der Waals surface area contributed by atoms with Gasteiger partial charge in [0.05, 0.1) is 5.92 Å². The Labute approximate surface area is 99.0 Å².